The van der Waals surface area contributed by atoms with Crippen LogP contribution in [0.2, 0.25) is 0 Å². The van der Waals surface area contributed by atoms with Gasteiger partial charge in [0.1, 0.15) is 0 Å². The van der Waals surface area contributed by atoms with Gasteiger partial charge in [-0.1, -0.05) is 0 Å². The van der Waals surface area contributed by atoms with E-state index in [9.17, 15) is 0 Å². The van der Waals surface area contributed by atoms with E-state index in [1.54, 1.807) is 9.59 Å². The average molecular weight is 645 g/mol. The third kappa shape index (κ3) is 4.52. The van der Waals surface area contributed by atoms with Crippen molar-refractivity contribution < 1.29 is 33.9 Å². The molecule has 0 aliphatic carbocycles. The Morgan fingerprint density at radius 1 is 0.457 bits per heavy atom. The summed E-state index contributed by atoms with van der Waals surface area (Å²) >= 11 is -2.19. The number of para-hydroxylation sites is 4. The van der Waals surface area contributed by atoms with E-state index in [2.05, 4.69) is 0 Å². The average Bonchev–Trinajstić information content (AvgIpc) is 3.56. The van der Waals surface area contributed by atoms with E-state index >= 15 is 0 Å². The Morgan fingerprint density at radius 2 is 0.800 bits per heavy atom. The first kappa shape index (κ1) is 21.5. The predicted octanol–water partition coefficient (Wildman–Crippen LogP) is 1.43. The van der Waals surface area contributed by atoms with Crippen molar-refractivity contribution in [2.75, 3.05) is 0 Å². The monoisotopic (exact) mass is 646 g/mol. The molecule has 0 aliphatic rings. The predicted molar refractivity (Wildman–Crippen MR) is 125 cm³/mol. The fraction of sp³-hybridized carbons (Fsp3) is 0. The summed E-state index contributed by atoms with van der Waals surface area (Å²) in [5.74, 6) is 0. The van der Waals surface area contributed by atoms with E-state index in [1.165, 1.54) is 0 Å². The Hall–Kier alpha value is -4.04. The molecule has 8 nitrogen and oxygen atoms in total. The van der Waals surface area contributed by atoms with Crippen LogP contribution in [-0.2, 0) is 24.6 Å². The van der Waals surface area contributed by atoms with Crippen molar-refractivity contribution in [3.63, 3.8) is 0 Å². The summed E-state index contributed by atoms with van der Waals surface area (Å²) in [6.07, 6.45) is 0. The summed E-state index contributed by atoms with van der Waals surface area (Å²) in [6, 6.07) is 40.2. The molecule has 0 fully saturated rings. The molecule has 0 N–H and O–H groups in total. The normalized spacial score (nSPS) is 10.7. The van der Waals surface area contributed by atoms with Gasteiger partial charge in [0.15, 0.2) is 0 Å². The van der Waals surface area contributed by atoms with Crippen molar-refractivity contribution in [1.82, 2.24) is 30.2 Å². The van der Waals surface area contributed by atoms with Gasteiger partial charge in [0, 0.05) is 0 Å². The molecule has 4 aromatic carbocycles. The molecular weight excluding hydrogens is 625 g/mol. The fourth-order valence-electron chi connectivity index (χ4n) is 3.86. The Kier molecular flexibility index (Phi) is 5.94. The SMILES string of the molecule is c1ccc(-n2n[c]([Hg][c]3nn(-c4ccccc4)n[n+]3-c3ccccc3)[n+](-c3ccccc3)n2)cc1. The summed E-state index contributed by atoms with van der Waals surface area (Å²) in [4.78, 5) is 3.41. The second kappa shape index (κ2) is 9.67. The fourth-order valence-corrected chi connectivity index (χ4v) is 9.63. The second-order valence-corrected chi connectivity index (χ2v) is 14.2. The van der Waals surface area contributed by atoms with Gasteiger partial charge in [-0.15, -0.1) is 0 Å². The molecule has 0 atom stereocenters. The zero-order valence-electron chi connectivity index (χ0n) is 18.8. The molecule has 0 bridgehead atoms. The van der Waals surface area contributed by atoms with Crippen molar-refractivity contribution in [3.05, 3.63) is 121 Å². The first-order chi connectivity index (χ1) is 17.3. The summed E-state index contributed by atoms with van der Waals surface area (Å²) in [5, 5.41) is 19.5. The molecule has 9 heteroatoms. The molecule has 164 valence electrons. The van der Waals surface area contributed by atoms with E-state index in [4.69, 9.17) is 20.6 Å². The third-order valence-electron chi connectivity index (χ3n) is 5.55. The van der Waals surface area contributed by atoms with Gasteiger partial charge in [-0.05, 0) is 0 Å². The van der Waals surface area contributed by atoms with Crippen LogP contribution in [0.25, 0.3) is 22.7 Å². The van der Waals surface area contributed by atoms with E-state index in [1.807, 2.05) is 131 Å². The molecule has 6 rings (SSSR count). The van der Waals surface area contributed by atoms with Gasteiger partial charge in [0.05, 0.1) is 0 Å². The topological polar surface area (TPSA) is 69.2 Å². The second-order valence-electron chi connectivity index (χ2n) is 7.93. The first-order valence-electron chi connectivity index (χ1n) is 11.3. The van der Waals surface area contributed by atoms with Crippen LogP contribution in [0.4, 0.5) is 0 Å². The van der Waals surface area contributed by atoms with Crippen LogP contribution in [0, 0.1) is 0 Å². The molecule has 0 aliphatic heterocycles. The maximum absolute atomic E-state index is 4.95. The molecular formula is C26H20HgN8+2. The molecule has 0 spiro atoms. The third-order valence-corrected chi connectivity index (χ3v) is 11.4. The van der Waals surface area contributed by atoms with E-state index in [0.717, 1.165) is 29.4 Å². The molecule has 0 unspecified atom stereocenters. The molecule has 0 saturated carbocycles. The number of hydrogen-bond donors (Lipinski definition) is 0. The summed E-state index contributed by atoms with van der Waals surface area (Å²) in [7, 11) is 0. The van der Waals surface area contributed by atoms with Crippen LogP contribution < -0.4 is 16.0 Å². The number of benzene rings is 4. The Bertz CT molecular complexity index is 1430. The van der Waals surface area contributed by atoms with E-state index in [-0.39, 0.29) is 0 Å². The standard InChI is InChI=1S/2C13H10N4.Hg/c2*1-3-7-12(8-4-1)16-11-14-17(15-16)13-9-5-2-6-10-13;/h2*1-10H;/q2*+1;. The first-order valence-corrected chi connectivity index (χ1v) is 16.8. The zero-order chi connectivity index (χ0) is 23.5. The van der Waals surface area contributed by atoms with E-state index in [0.29, 0.717) is 0 Å². The van der Waals surface area contributed by atoms with Crippen LogP contribution in [0.5, 0.6) is 0 Å². The molecule has 35 heavy (non-hydrogen) atoms. The van der Waals surface area contributed by atoms with Crippen molar-refractivity contribution in [2.24, 2.45) is 0 Å². The molecule has 0 amide bonds. The molecule has 2 aromatic heterocycles. The minimum atomic E-state index is -2.19. The number of aromatic nitrogens is 8. The zero-order valence-corrected chi connectivity index (χ0v) is 24.3. The van der Waals surface area contributed by atoms with Crippen LogP contribution in [0.1, 0.15) is 0 Å². The summed E-state index contributed by atoms with van der Waals surface area (Å²) < 4.78 is 5.83. The number of tetrazole rings is 2. The van der Waals surface area contributed by atoms with Gasteiger partial charge < -0.3 is 0 Å². The Balaban J connectivity index is 1.48. The molecule has 6 aromatic rings. The maximum atomic E-state index is 4.95. The van der Waals surface area contributed by atoms with Crippen LogP contribution in [0.3, 0.4) is 0 Å². The van der Waals surface area contributed by atoms with Crippen molar-refractivity contribution in [2.45, 2.75) is 0 Å². The summed E-state index contributed by atoms with van der Waals surface area (Å²) in [6.45, 7) is 0. The quantitative estimate of drug-likeness (QED) is 0.203. The van der Waals surface area contributed by atoms with Gasteiger partial charge in [0.25, 0.3) is 0 Å². The van der Waals surface area contributed by atoms with Crippen LogP contribution >= 0.6 is 0 Å². The van der Waals surface area contributed by atoms with Crippen LogP contribution in [-0.4, -0.2) is 30.2 Å². The van der Waals surface area contributed by atoms with Gasteiger partial charge >= 0.3 is 215 Å². The Morgan fingerprint density at radius 3 is 1.17 bits per heavy atom. The van der Waals surface area contributed by atoms with Gasteiger partial charge in [-0.25, -0.2) is 0 Å². The summed E-state index contributed by atoms with van der Waals surface area (Å²) in [5.41, 5.74) is 3.79. The van der Waals surface area contributed by atoms with Gasteiger partial charge in [0.2, 0.25) is 0 Å². The molecule has 0 saturated heterocycles. The molecule has 0 radical (unpaired) electrons. The minimum absolute atomic E-state index is 0.917. The van der Waals surface area contributed by atoms with Crippen molar-refractivity contribution >= 4 is 6.67 Å². The number of nitrogens with zero attached hydrogens (tertiary/aromatic N) is 8. The number of hydrogen-bond acceptors (Lipinski definition) is 4. The van der Waals surface area contributed by atoms with Crippen LogP contribution in [0.15, 0.2) is 121 Å². The van der Waals surface area contributed by atoms with E-state index < -0.39 is 24.6 Å². The number of rotatable bonds is 6. The Labute approximate surface area is 214 Å². The van der Waals surface area contributed by atoms with Crippen molar-refractivity contribution in [1.29, 1.82) is 0 Å². The van der Waals surface area contributed by atoms with Crippen molar-refractivity contribution in [3.8, 4) is 22.7 Å². The molecule has 2 heterocycles. The van der Waals surface area contributed by atoms with Gasteiger partial charge in [-0.2, -0.15) is 0 Å². The van der Waals surface area contributed by atoms with Gasteiger partial charge in [-0.3, -0.25) is 0 Å².